The fraction of sp³-hybridized carbons (Fsp3) is 0.174. The Morgan fingerprint density at radius 1 is 1.19 bits per heavy atom. The number of hydrogen-bond acceptors (Lipinski definition) is 6. The van der Waals surface area contributed by atoms with Gasteiger partial charge in [-0.25, -0.2) is 9.97 Å². The average molecular weight is 490 g/mol. The molecule has 152 valence electrons. The minimum absolute atomic E-state index is 0.287. The number of nitrogens with one attached hydrogen (secondary N) is 1. The van der Waals surface area contributed by atoms with Crippen LogP contribution >= 0.6 is 27.3 Å². The molecule has 1 amide bonds. The number of nitriles is 1. The van der Waals surface area contributed by atoms with Gasteiger partial charge in [-0.3, -0.25) is 15.1 Å². The maximum atomic E-state index is 13.2. The maximum absolute atomic E-state index is 13.2. The van der Waals surface area contributed by atoms with Gasteiger partial charge >= 0.3 is 0 Å². The lowest BCUT2D eigenvalue weighted by atomic mass is 9.92. The van der Waals surface area contributed by atoms with Crippen LogP contribution in [0.5, 0.6) is 0 Å². The van der Waals surface area contributed by atoms with E-state index in [1.807, 2.05) is 43.3 Å². The monoisotopic (exact) mass is 489 g/mol. The molecule has 8 heteroatoms. The van der Waals surface area contributed by atoms with Crippen LogP contribution in [0.25, 0.3) is 21.5 Å². The van der Waals surface area contributed by atoms with E-state index < -0.39 is 0 Å². The summed E-state index contributed by atoms with van der Waals surface area (Å²) in [5.74, 6) is 0.186. The van der Waals surface area contributed by atoms with Crippen molar-refractivity contribution >= 4 is 48.7 Å². The summed E-state index contributed by atoms with van der Waals surface area (Å²) in [6, 6.07) is 13.5. The van der Waals surface area contributed by atoms with Crippen molar-refractivity contribution in [2.24, 2.45) is 0 Å². The quantitative estimate of drug-likeness (QED) is 0.364. The van der Waals surface area contributed by atoms with Crippen molar-refractivity contribution < 1.29 is 4.79 Å². The van der Waals surface area contributed by atoms with Crippen LogP contribution in [-0.4, -0.2) is 20.9 Å². The van der Waals surface area contributed by atoms with Crippen LogP contribution in [0.15, 0.2) is 47.2 Å². The van der Waals surface area contributed by atoms with Gasteiger partial charge in [0.05, 0.1) is 17.2 Å². The van der Waals surface area contributed by atoms with E-state index in [0.717, 1.165) is 44.6 Å². The molecule has 0 radical (unpaired) electrons. The zero-order valence-corrected chi connectivity index (χ0v) is 18.9. The van der Waals surface area contributed by atoms with Gasteiger partial charge in [-0.1, -0.05) is 17.4 Å². The molecule has 0 bridgehead atoms. The molecule has 5 rings (SSSR count). The Hall–Kier alpha value is -3.15. The number of pyridine rings is 2. The van der Waals surface area contributed by atoms with Crippen molar-refractivity contribution in [1.82, 2.24) is 15.0 Å². The summed E-state index contributed by atoms with van der Waals surface area (Å²) in [6.07, 6.45) is 3.84. The topological polar surface area (TPSA) is 91.6 Å². The highest BCUT2D eigenvalue weighted by Crippen LogP contribution is 2.45. The first-order valence-electron chi connectivity index (χ1n) is 9.77. The molecule has 1 saturated carbocycles. The van der Waals surface area contributed by atoms with E-state index in [9.17, 15) is 10.1 Å². The van der Waals surface area contributed by atoms with Crippen molar-refractivity contribution in [3.8, 4) is 17.2 Å². The number of carbonyl (C=O) groups excluding carboxylic acids is 1. The number of carbonyl (C=O) groups is 1. The third-order valence-corrected chi connectivity index (χ3v) is 6.54. The second-order valence-corrected chi connectivity index (χ2v) is 9.28. The zero-order valence-electron chi connectivity index (χ0n) is 16.5. The highest BCUT2D eigenvalue weighted by atomic mass is 79.9. The van der Waals surface area contributed by atoms with Gasteiger partial charge in [0.2, 0.25) is 0 Å². The third-order valence-electron chi connectivity index (χ3n) is 5.22. The number of halogens is 1. The highest BCUT2D eigenvalue weighted by Gasteiger charge is 2.28. The second kappa shape index (κ2) is 7.84. The van der Waals surface area contributed by atoms with Gasteiger partial charge in [0.1, 0.15) is 15.0 Å². The van der Waals surface area contributed by atoms with Crippen molar-refractivity contribution in [3.63, 3.8) is 0 Å². The first kappa shape index (κ1) is 19.8. The predicted octanol–water partition coefficient (Wildman–Crippen LogP) is 5.83. The molecule has 6 nitrogen and oxygen atoms in total. The molecule has 4 aromatic rings. The lowest BCUT2D eigenvalue weighted by Gasteiger charge is -2.14. The first-order valence-corrected chi connectivity index (χ1v) is 11.4. The number of benzene rings is 1. The number of fused-ring (bicyclic) bond motifs is 1. The Kier molecular flexibility index (Phi) is 5.00. The Morgan fingerprint density at radius 2 is 2.03 bits per heavy atom. The van der Waals surface area contributed by atoms with Crippen molar-refractivity contribution in [3.05, 3.63) is 69.6 Å². The number of thiazole rings is 1. The molecule has 31 heavy (non-hydrogen) atoms. The van der Waals surface area contributed by atoms with Gasteiger partial charge in [0, 0.05) is 11.9 Å². The van der Waals surface area contributed by atoms with E-state index in [2.05, 4.69) is 42.3 Å². The molecule has 1 aliphatic carbocycles. The SMILES string of the molecule is Cc1cc(-c2cc(C#N)ccc2C2CC2)c(C(=O)Nc2nc3ccc(Br)nc3s2)cn1. The van der Waals surface area contributed by atoms with Crippen molar-refractivity contribution in [1.29, 1.82) is 5.26 Å². The van der Waals surface area contributed by atoms with Crippen LogP contribution in [0.4, 0.5) is 5.13 Å². The Morgan fingerprint density at radius 3 is 2.81 bits per heavy atom. The second-order valence-electron chi connectivity index (χ2n) is 7.49. The molecule has 3 aromatic heterocycles. The predicted molar refractivity (Wildman–Crippen MR) is 124 cm³/mol. The minimum atomic E-state index is -0.287. The van der Waals surface area contributed by atoms with Gasteiger partial charge in [0.25, 0.3) is 5.91 Å². The van der Waals surface area contributed by atoms with Gasteiger partial charge in [0.15, 0.2) is 5.13 Å². The van der Waals surface area contributed by atoms with Crippen LogP contribution in [0, 0.1) is 18.3 Å². The summed E-state index contributed by atoms with van der Waals surface area (Å²) in [4.78, 5) is 27.2. The molecule has 1 aromatic carbocycles. The molecule has 0 aliphatic heterocycles. The summed E-state index contributed by atoms with van der Waals surface area (Å²) in [7, 11) is 0. The number of rotatable bonds is 4. The smallest absolute Gasteiger partial charge is 0.259 e. The summed E-state index contributed by atoms with van der Waals surface area (Å²) in [5, 5.41) is 12.8. The van der Waals surface area contributed by atoms with E-state index in [-0.39, 0.29) is 5.91 Å². The van der Waals surface area contributed by atoms with E-state index in [1.165, 1.54) is 16.9 Å². The zero-order chi connectivity index (χ0) is 21.5. The fourth-order valence-electron chi connectivity index (χ4n) is 3.59. The lowest BCUT2D eigenvalue weighted by Crippen LogP contribution is -2.14. The molecule has 0 spiro atoms. The van der Waals surface area contributed by atoms with E-state index in [1.54, 1.807) is 6.20 Å². The molecular weight excluding hydrogens is 474 g/mol. The van der Waals surface area contributed by atoms with Gasteiger partial charge in [-0.05, 0) is 88.6 Å². The Labute approximate surface area is 191 Å². The van der Waals surface area contributed by atoms with Gasteiger partial charge < -0.3 is 0 Å². The molecule has 1 fully saturated rings. The minimum Gasteiger partial charge on any atom is -0.298 e. The van der Waals surface area contributed by atoms with Crippen molar-refractivity contribution in [2.45, 2.75) is 25.7 Å². The maximum Gasteiger partial charge on any atom is 0.259 e. The van der Waals surface area contributed by atoms with E-state index >= 15 is 0 Å². The standard InChI is InChI=1S/C23H16BrN5OS/c1-12-8-16(17-9-13(10-25)2-5-15(17)14-3-4-14)18(11-26-12)21(30)29-23-27-19-6-7-20(24)28-22(19)31-23/h2,5-9,11,14H,3-4H2,1H3,(H,27,29,30). The van der Waals surface area contributed by atoms with Crippen LogP contribution in [-0.2, 0) is 0 Å². The van der Waals surface area contributed by atoms with Crippen molar-refractivity contribution in [2.75, 3.05) is 5.32 Å². The lowest BCUT2D eigenvalue weighted by molar-refractivity contribution is 0.102. The number of aryl methyl sites for hydroxylation is 1. The summed E-state index contributed by atoms with van der Waals surface area (Å²) in [6.45, 7) is 1.90. The summed E-state index contributed by atoms with van der Waals surface area (Å²) >= 11 is 4.67. The fourth-order valence-corrected chi connectivity index (χ4v) is 4.85. The van der Waals surface area contributed by atoms with Gasteiger partial charge in [-0.15, -0.1) is 0 Å². The highest BCUT2D eigenvalue weighted by molar-refractivity contribution is 9.10. The third kappa shape index (κ3) is 3.94. The molecule has 1 N–H and O–H groups in total. The molecule has 0 unspecified atom stereocenters. The summed E-state index contributed by atoms with van der Waals surface area (Å²) in [5.41, 5.74) is 5.44. The number of nitrogens with zero attached hydrogens (tertiary/aromatic N) is 4. The number of aromatic nitrogens is 3. The molecule has 1 aliphatic rings. The number of amides is 1. The van der Waals surface area contributed by atoms with Crippen LogP contribution in [0.3, 0.4) is 0 Å². The van der Waals surface area contributed by atoms with Gasteiger partial charge in [-0.2, -0.15) is 5.26 Å². The largest absolute Gasteiger partial charge is 0.298 e. The molecular formula is C23H16BrN5OS. The number of hydrogen-bond donors (Lipinski definition) is 1. The molecule has 0 atom stereocenters. The normalized spacial score (nSPS) is 13.2. The average Bonchev–Trinajstić information content (AvgIpc) is 3.53. The Bertz CT molecular complexity index is 1390. The number of anilines is 1. The molecule has 0 saturated heterocycles. The first-order chi connectivity index (χ1) is 15.0. The summed E-state index contributed by atoms with van der Waals surface area (Å²) < 4.78 is 0.719. The van der Waals surface area contributed by atoms with E-state index in [4.69, 9.17) is 0 Å². The van der Waals surface area contributed by atoms with E-state index in [0.29, 0.717) is 22.2 Å². The molecule has 3 heterocycles. The van der Waals surface area contributed by atoms with Crippen LogP contribution in [0.1, 0.15) is 45.9 Å². The van der Waals surface area contributed by atoms with Crippen LogP contribution in [0.2, 0.25) is 0 Å². The van der Waals surface area contributed by atoms with Crippen LogP contribution < -0.4 is 5.32 Å². The Balaban J connectivity index is 1.56.